The van der Waals surface area contributed by atoms with Crippen molar-refractivity contribution in [1.82, 2.24) is 4.98 Å². The summed E-state index contributed by atoms with van der Waals surface area (Å²) in [5.41, 5.74) is 0.560. The largest absolute Gasteiger partial charge is 0.461 e. The van der Waals surface area contributed by atoms with Crippen molar-refractivity contribution >= 4 is 5.97 Å². The minimum Gasteiger partial charge on any atom is -0.461 e. The molecule has 8 nitrogen and oxygen atoms in total. The molecule has 5 aliphatic rings. The van der Waals surface area contributed by atoms with E-state index in [1.165, 1.54) is 0 Å². The van der Waals surface area contributed by atoms with E-state index >= 15 is 0 Å². The van der Waals surface area contributed by atoms with Gasteiger partial charge < -0.3 is 18.9 Å². The van der Waals surface area contributed by atoms with E-state index in [2.05, 4.69) is 18.8 Å². The Morgan fingerprint density at radius 2 is 2.03 bits per heavy atom. The number of aromatic nitrogens is 1. The molecule has 32 heavy (non-hydrogen) atoms. The lowest BCUT2D eigenvalue weighted by Crippen LogP contribution is -2.70. The number of ether oxygens (including phenoxy) is 4. The lowest BCUT2D eigenvalue weighted by molar-refractivity contribution is -0.577. The predicted octanol–water partition coefficient (Wildman–Crippen LogP) is 3.98. The zero-order chi connectivity index (χ0) is 22.5. The third kappa shape index (κ3) is 3.56. The molecule has 6 rings (SSSR count). The van der Waals surface area contributed by atoms with Crippen molar-refractivity contribution in [3.8, 4) is 0 Å². The van der Waals surface area contributed by atoms with Gasteiger partial charge in [0.2, 0.25) is 5.79 Å². The Kier molecular flexibility index (Phi) is 5.78. The summed E-state index contributed by atoms with van der Waals surface area (Å²) in [6, 6.07) is 3.48. The molecule has 4 saturated heterocycles. The van der Waals surface area contributed by atoms with E-state index < -0.39 is 29.9 Å². The zero-order valence-corrected chi connectivity index (χ0v) is 19.2. The fraction of sp³-hybridized carbons (Fsp3) is 0.750. The second kappa shape index (κ2) is 8.33. The van der Waals surface area contributed by atoms with Gasteiger partial charge in [-0.25, -0.2) is 19.6 Å². The second-order valence-electron chi connectivity index (χ2n) is 9.86. The summed E-state index contributed by atoms with van der Waals surface area (Å²) in [4.78, 5) is 28.0. The Morgan fingerprint density at radius 3 is 2.78 bits per heavy atom. The van der Waals surface area contributed by atoms with Crippen molar-refractivity contribution in [2.24, 2.45) is 23.7 Å². The Balaban J connectivity index is 1.32. The molecule has 8 atom stereocenters. The van der Waals surface area contributed by atoms with Gasteiger partial charge in [0.15, 0.2) is 18.2 Å². The summed E-state index contributed by atoms with van der Waals surface area (Å²) in [7, 11) is 0. The molecule has 1 aromatic heterocycles. The van der Waals surface area contributed by atoms with Gasteiger partial charge in [-0.15, -0.1) is 0 Å². The minimum atomic E-state index is -0.796. The zero-order valence-electron chi connectivity index (χ0n) is 19.2. The average Bonchev–Trinajstić information content (AvgIpc) is 3.01. The monoisotopic (exact) mass is 447 g/mol. The number of nitrogens with zero attached hydrogens (tertiary/aromatic N) is 1. The van der Waals surface area contributed by atoms with E-state index in [0.29, 0.717) is 25.0 Å². The third-order valence-electron chi connectivity index (χ3n) is 7.82. The van der Waals surface area contributed by atoms with Gasteiger partial charge in [0.25, 0.3) is 0 Å². The Morgan fingerprint density at radius 1 is 1.19 bits per heavy atom. The molecule has 1 aliphatic carbocycles. The van der Waals surface area contributed by atoms with E-state index in [-0.39, 0.29) is 17.5 Å². The van der Waals surface area contributed by atoms with Crippen molar-refractivity contribution in [3.63, 3.8) is 0 Å². The Hall–Kier alpha value is -1.58. The van der Waals surface area contributed by atoms with Gasteiger partial charge in [-0.05, 0) is 56.6 Å². The van der Waals surface area contributed by atoms with E-state index in [0.717, 1.165) is 31.2 Å². The molecule has 176 valence electrons. The number of hydrogen-bond donors (Lipinski definition) is 0. The van der Waals surface area contributed by atoms with Crippen molar-refractivity contribution in [2.75, 3.05) is 6.61 Å². The molecule has 8 heteroatoms. The SMILES string of the molecule is CCOC(=O)c1ccc(CO[C@H]2O[C@@H]3O[C@]4(C)CC[C@H]5C(C)CCC([C@H]2C)[C@@]35OO4)cn1. The first-order valence-electron chi connectivity index (χ1n) is 11.8. The number of carbonyl (C=O) groups is 1. The smallest absolute Gasteiger partial charge is 0.356 e. The summed E-state index contributed by atoms with van der Waals surface area (Å²) < 4.78 is 24.0. The first-order valence-corrected chi connectivity index (χ1v) is 11.8. The topological polar surface area (TPSA) is 85.3 Å². The number of rotatable bonds is 5. The summed E-state index contributed by atoms with van der Waals surface area (Å²) in [6.45, 7) is 8.80. The van der Waals surface area contributed by atoms with E-state index in [1.54, 1.807) is 19.2 Å². The van der Waals surface area contributed by atoms with Crippen LogP contribution in [0.4, 0.5) is 0 Å². The number of pyridine rings is 1. The molecule has 0 radical (unpaired) electrons. The van der Waals surface area contributed by atoms with Crippen LogP contribution < -0.4 is 0 Å². The summed E-state index contributed by atoms with van der Waals surface area (Å²) in [5.74, 6) is -0.0265. The van der Waals surface area contributed by atoms with E-state index in [4.69, 9.17) is 28.7 Å². The van der Waals surface area contributed by atoms with Gasteiger partial charge in [0, 0.05) is 24.5 Å². The fourth-order valence-electron chi connectivity index (χ4n) is 6.08. The minimum absolute atomic E-state index is 0.114. The highest BCUT2D eigenvalue weighted by molar-refractivity contribution is 5.87. The second-order valence-corrected chi connectivity index (χ2v) is 9.86. The van der Waals surface area contributed by atoms with Crippen LogP contribution in [-0.2, 0) is 35.3 Å². The molecule has 1 spiro atoms. The molecule has 4 aliphatic heterocycles. The van der Waals surface area contributed by atoms with Crippen LogP contribution in [0.15, 0.2) is 18.3 Å². The first kappa shape index (κ1) is 22.2. The number of carbonyl (C=O) groups excluding carboxylic acids is 1. The van der Waals surface area contributed by atoms with Crippen LogP contribution in [0.1, 0.15) is 69.4 Å². The van der Waals surface area contributed by atoms with Crippen molar-refractivity contribution in [3.05, 3.63) is 29.6 Å². The van der Waals surface area contributed by atoms with Crippen molar-refractivity contribution in [2.45, 2.75) is 84.0 Å². The van der Waals surface area contributed by atoms with Crippen LogP contribution in [0, 0.1) is 23.7 Å². The fourth-order valence-corrected chi connectivity index (χ4v) is 6.08. The molecule has 2 unspecified atom stereocenters. The van der Waals surface area contributed by atoms with Crippen LogP contribution >= 0.6 is 0 Å². The number of esters is 1. The highest BCUT2D eigenvalue weighted by atomic mass is 17.3. The normalized spacial score (nSPS) is 42.8. The molecule has 5 heterocycles. The highest BCUT2D eigenvalue weighted by Crippen LogP contribution is 2.60. The lowest BCUT2D eigenvalue weighted by Gasteiger charge is -2.60. The molecule has 0 aromatic carbocycles. The molecular formula is C24H33NO7. The van der Waals surface area contributed by atoms with Crippen LogP contribution in [0.25, 0.3) is 0 Å². The maximum atomic E-state index is 11.8. The average molecular weight is 448 g/mol. The van der Waals surface area contributed by atoms with Gasteiger partial charge >= 0.3 is 5.97 Å². The third-order valence-corrected chi connectivity index (χ3v) is 7.82. The van der Waals surface area contributed by atoms with Gasteiger partial charge in [-0.2, -0.15) is 0 Å². The first-order chi connectivity index (χ1) is 15.4. The van der Waals surface area contributed by atoms with Gasteiger partial charge in [-0.3, -0.25) is 0 Å². The van der Waals surface area contributed by atoms with E-state index in [9.17, 15) is 4.79 Å². The van der Waals surface area contributed by atoms with Crippen LogP contribution in [-0.4, -0.2) is 41.5 Å². The Labute approximate surface area is 188 Å². The maximum Gasteiger partial charge on any atom is 0.356 e. The Bertz CT molecular complexity index is 847. The van der Waals surface area contributed by atoms with Crippen LogP contribution in [0.5, 0.6) is 0 Å². The quantitative estimate of drug-likeness (QED) is 0.495. The predicted molar refractivity (Wildman–Crippen MR) is 112 cm³/mol. The van der Waals surface area contributed by atoms with Gasteiger partial charge in [0.05, 0.1) is 13.2 Å². The lowest BCUT2D eigenvalue weighted by atomic mass is 9.58. The molecule has 0 amide bonds. The molecule has 1 aromatic rings. The molecule has 1 saturated carbocycles. The van der Waals surface area contributed by atoms with Crippen LogP contribution in [0.2, 0.25) is 0 Å². The van der Waals surface area contributed by atoms with Crippen LogP contribution in [0.3, 0.4) is 0 Å². The maximum absolute atomic E-state index is 11.8. The number of fused-ring (bicyclic) bond motifs is 2. The number of hydrogen-bond acceptors (Lipinski definition) is 8. The summed E-state index contributed by atoms with van der Waals surface area (Å²) in [5, 5.41) is 0. The van der Waals surface area contributed by atoms with Crippen molar-refractivity contribution < 1.29 is 33.5 Å². The summed E-state index contributed by atoms with van der Waals surface area (Å²) >= 11 is 0. The molecule has 0 N–H and O–H groups in total. The van der Waals surface area contributed by atoms with E-state index in [1.807, 2.05) is 13.0 Å². The molecule has 5 fully saturated rings. The molecule has 2 bridgehead atoms. The summed E-state index contributed by atoms with van der Waals surface area (Å²) in [6.07, 6.45) is 4.66. The van der Waals surface area contributed by atoms with Crippen molar-refractivity contribution in [1.29, 1.82) is 0 Å². The van der Waals surface area contributed by atoms with Gasteiger partial charge in [0.1, 0.15) is 5.69 Å². The standard InChI is InChI=1S/C24H33NO7/c1-5-27-20(26)19-9-7-16(12-25-19)13-28-21-15(3)18-8-6-14(2)17-10-11-23(4)30-22(29-21)24(17,18)32-31-23/h7,9,12,14-15,17-18,21-22H,5-6,8,10-11,13H2,1-4H3/t14?,15-,17+,18?,21+,22-,23+,24-/m1/s1. The molecular weight excluding hydrogens is 414 g/mol. The van der Waals surface area contributed by atoms with Gasteiger partial charge in [-0.1, -0.05) is 19.9 Å². The highest BCUT2D eigenvalue weighted by Gasteiger charge is 2.69.